The smallest absolute Gasteiger partial charge is 0.269 e. The van der Waals surface area contributed by atoms with Crippen LogP contribution in [-0.4, -0.2) is 38.4 Å². The van der Waals surface area contributed by atoms with Gasteiger partial charge in [-0.05, 0) is 23.8 Å². The molecule has 1 aliphatic rings. The molecule has 0 aliphatic carbocycles. The molecule has 0 bridgehead atoms. The average Bonchev–Trinajstić information content (AvgIpc) is 3.09. The van der Waals surface area contributed by atoms with Crippen LogP contribution >= 0.6 is 24.0 Å². The number of benzene rings is 2. The third-order valence-corrected chi connectivity index (χ3v) is 5.82. The van der Waals surface area contributed by atoms with Gasteiger partial charge in [-0.2, -0.15) is 0 Å². The molecule has 0 atom stereocenters. The van der Waals surface area contributed by atoms with Crippen molar-refractivity contribution in [2.75, 3.05) is 6.54 Å². The summed E-state index contributed by atoms with van der Waals surface area (Å²) in [5.74, 6) is -1.44. The normalized spacial score (nSPS) is 14.7. The van der Waals surface area contributed by atoms with Gasteiger partial charge in [0.1, 0.15) is 4.32 Å². The summed E-state index contributed by atoms with van der Waals surface area (Å²) in [6, 6.07) is 14.6. The van der Waals surface area contributed by atoms with E-state index < -0.39 is 16.7 Å². The quantitative estimate of drug-likeness (QED) is 0.269. The number of thioether (sulfide) groups is 1. The molecule has 0 radical (unpaired) electrons. The number of hydrogen-bond acceptors (Lipinski definition) is 7. The molecule has 2 aromatic rings. The Hall–Kier alpha value is -3.83. The molecule has 33 heavy (non-hydrogen) atoms. The van der Waals surface area contributed by atoms with Crippen LogP contribution in [0.4, 0.5) is 5.69 Å². The van der Waals surface area contributed by atoms with Gasteiger partial charge in [0.25, 0.3) is 17.5 Å². The zero-order valence-corrected chi connectivity index (χ0v) is 18.7. The van der Waals surface area contributed by atoms with Crippen molar-refractivity contribution in [2.45, 2.75) is 6.42 Å². The molecule has 1 aliphatic heterocycles. The molecule has 0 aromatic heterocycles. The number of rotatable bonds is 7. The van der Waals surface area contributed by atoms with E-state index in [1.165, 1.54) is 29.2 Å². The van der Waals surface area contributed by atoms with Crippen LogP contribution in [0.3, 0.4) is 0 Å². The number of carbonyl (C=O) groups excluding carboxylic acids is 3. The first-order chi connectivity index (χ1) is 15.8. The summed E-state index contributed by atoms with van der Waals surface area (Å²) in [7, 11) is 0. The zero-order valence-electron chi connectivity index (χ0n) is 17.1. The van der Waals surface area contributed by atoms with Gasteiger partial charge in [-0.3, -0.25) is 40.2 Å². The van der Waals surface area contributed by atoms with Crippen LogP contribution in [0.5, 0.6) is 0 Å². The van der Waals surface area contributed by atoms with Crippen molar-refractivity contribution in [2.24, 2.45) is 0 Å². The number of thiocarbonyl (C=S) groups is 1. The third-order valence-electron chi connectivity index (χ3n) is 4.43. The minimum atomic E-state index is -0.628. The van der Waals surface area contributed by atoms with E-state index in [0.29, 0.717) is 9.23 Å². The molecule has 0 saturated carbocycles. The van der Waals surface area contributed by atoms with Crippen LogP contribution in [0.1, 0.15) is 22.3 Å². The second-order valence-electron chi connectivity index (χ2n) is 6.68. The molecule has 2 N–H and O–H groups in total. The van der Waals surface area contributed by atoms with E-state index in [1.54, 1.807) is 12.2 Å². The SMILES string of the molecule is O=C(CCN1C(=O)/C(=C/C=C/c2ccccc2)SC1=S)NNC(=O)c1ccc([N+](=O)[O-])cc1. The maximum absolute atomic E-state index is 12.6. The Morgan fingerprint density at radius 1 is 1.09 bits per heavy atom. The van der Waals surface area contributed by atoms with Gasteiger partial charge in [0.05, 0.1) is 9.83 Å². The number of nitro groups is 1. The number of nitro benzene ring substituents is 1. The number of nitrogens with zero attached hydrogens (tertiary/aromatic N) is 2. The van der Waals surface area contributed by atoms with Gasteiger partial charge in [-0.1, -0.05) is 66.5 Å². The maximum atomic E-state index is 12.6. The van der Waals surface area contributed by atoms with E-state index in [2.05, 4.69) is 10.9 Å². The lowest BCUT2D eigenvalue weighted by Gasteiger charge is -2.14. The van der Waals surface area contributed by atoms with Crippen LogP contribution in [0, 0.1) is 10.1 Å². The summed E-state index contributed by atoms with van der Waals surface area (Å²) in [6.07, 6.45) is 5.23. The Morgan fingerprint density at radius 2 is 1.79 bits per heavy atom. The van der Waals surface area contributed by atoms with Gasteiger partial charge in [0.15, 0.2) is 0 Å². The van der Waals surface area contributed by atoms with Crippen LogP contribution in [0.2, 0.25) is 0 Å². The molecular formula is C22H18N4O5S2. The fourth-order valence-electron chi connectivity index (χ4n) is 2.73. The molecule has 0 unspecified atom stereocenters. The summed E-state index contributed by atoms with van der Waals surface area (Å²) in [6.45, 7) is 0.0592. The van der Waals surface area contributed by atoms with Crippen LogP contribution in [0.25, 0.3) is 6.08 Å². The predicted octanol–water partition coefficient (Wildman–Crippen LogP) is 3.20. The number of hydrazine groups is 1. The highest BCUT2D eigenvalue weighted by Crippen LogP contribution is 2.31. The topological polar surface area (TPSA) is 122 Å². The lowest BCUT2D eigenvalue weighted by molar-refractivity contribution is -0.384. The van der Waals surface area contributed by atoms with Crippen molar-refractivity contribution in [3.63, 3.8) is 0 Å². The maximum Gasteiger partial charge on any atom is 0.269 e. The zero-order chi connectivity index (χ0) is 23.8. The van der Waals surface area contributed by atoms with Crippen molar-refractivity contribution in [3.05, 3.63) is 92.9 Å². The van der Waals surface area contributed by atoms with Gasteiger partial charge in [0.2, 0.25) is 5.91 Å². The summed E-state index contributed by atoms with van der Waals surface area (Å²) < 4.78 is 0.349. The summed E-state index contributed by atoms with van der Waals surface area (Å²) in [5.41, 5.74) is 5.47. The van der Waals surface area contributed by atoms with Crippen molar-refractivity contribution >= 4 is 57.8 Å². The minimum Gasteiger partial charge on any atom is -0.292 e. The van der Waals surface area contributed by atoms with Crippen molar-refractivity contribution in [3.8, 4) is 0 Å². The number of allylic oxidation sites excluding steroid dienone is 2. The van der Waals surface area contributed by atoms with E-state index in [4.69, 9.17) is 12.2 Å². The lowest BCUT2D eigenvalue weighted by atomic mass is 10.2. The highest BCUT2D eigenvalue weighted by atomic mass is 32.2. The summed E-state index contributed by atoms with van der Waals surface area (Å²) in [5, 5.41) is 10.7. The predicted molar refractivity (Wildman–Crippen MR) is 129 cm³/mol. The Morgan fingerprint density at radius 3 is 2.45 bits per heavy atom. The number of amides is 3. The molecule has 11 heteroatoms. The fourth-order valence-corrected chi connectivity index (χ4v) is 3.99. The molecule has 168 valence electrons. The molecule has 3 rings (SSSR count). The molecule has 1 heterocycles. The first-order valence-electron chi connectivity index (χ1n) is 9.66. The highest BCUT2D eigenvalue weighted by Gasteiger charge is 2.31. The number of nitrogens with one attached hydrogen (secondary N) is 2. The third kappa shape index (κ3) is 6.57. The monoisotopic (exact) mass is 482 g/mol. The average molecular weight is 483 g/mol. The lowest BCUT2D eigenvalue weighted by Crippen LogP contribution is -2.43. The second kappa shape index (κ2) is 11.2. The van der Waals surface area contributed by atoms with Gasteiger partial charge < -0.3 is 0 Å². The van der Waals surface area contributed by atoms with Crippen molar-refractivity contribution in [1.82, 2.24) is 15.8 Å². The molecule has 0 spiro atoms. The largest absolute Gasteiger partial charge is 0.292 e. The van der Waals surface area contributed by atoms with Crippen LogP contribution < -0.4 is 10.9 Å². The molecule has 2 aromatic carbocycles. The number of hydrogen-bond donors (Lipinski definition) is 2. The summed E-state index contributed by atoms with van der Waals surface area (Å²) >= 11 is 6.40. The number of non-ortho nitro benzene ring substituents is 1. The van der Waals surface area contributed by atoms with Crippen LogP contribution in [-0.2, 0) is 9.59 Å². The standard InChI is InChI=1S/C22H18N4O5S2/c27-19(23-24-20(28)16-9-11-17(12-10-16)26(30)31)13-14-25-21(29)18(33-22(25)32)8-4-7-15-5-2-1-3-6-15/h1-12H,13-14H2,(H,23,27)(H,24,28)/b7-4+,18-8-. The fraction of sp³-hybridized carbons (Fsp3) is 0.0909. The molecule has 9 nitrogen and oxygen atoms in total. The van der Waals surface area contributed by atoms with Crippen molar-refractivity contribution < 1.29 is 19.3 Å². The first kappa shape index (κ1) is 23.8. The van der Waals surface area contributed by atoms with Gasteiger partial charge in [-0.15, -0.1) is 0 Å². The molecule has 1 fully saturated rings. The molecule has 3 amide bonds. The number of carbonyl (C=O) groups is 3. The van der Waals surface area contributed by atoms with Crippen molar-refractivity contribution in [1.29, 1.82) is 0 Å². The second-order valence-corrected chi connectivity index (χ2v) is 8.36. The van der Waals surface area contributed by atoms with Gasteiger partial charge in [0, 0.05) is 30.7 Å². The Balaban J connectivity index is 1.47. The Bertz CT molecular complexity index is 1150. The van der Waals surface area contributed by atoms with Crippen LogP contribution in [0.15, 0.2) is 71.7 Å². The Labute approximate surface area is 198 Å². The van der Waals surface area contributed by atoms with E-state index >= 15 is 0 Å². The van der Waals surface area contributed by atoms with E-state index in [1.807, 2.05) is 36.4 Å². The van der Waals surface area contributed by atoms with Gasteiger partial charge >= 0.3 is 0 Å². The minimum absolute atomic E-state index is 0.0592. The van der Waals surface area contributed by atoms with E-state index in [9.17, 15) is 24.5 Å². The molecular weight excluding hydrogens is 464 g/mol. The molecule has 1 saturated heterocycles. The van der Waals surface area contributed by atoms with E-state index in [-0.39, 0.29) is 30.1 Å². The first-order valence-corrected chi connectivity index (χ1v) is 10.9. The van der Waals surface area contributed by atoms with Gasteiger partial charge in [-0.25, -0.2) is 0 Å². The highest BCUT2D eigenvalue weighted by molar-refractivity contribution is 8.26. The Kier molecular flexibility index (Phi) is 8.06. The summed E-state index contributed by atoms with van der Waals surface area (Å²) in [4.78, 5) is 48.6. The van der Waals surface area contributed by atoms with E-state index in [0.717, 1.165) is 17.3 Å².